The first-order valence-electron chi connectivity index (χ1n) is 7.51. The Labute approximate surface area is 132 Å². The predicted octanol–water partition coefficient (Wildman–Crippen LogP) is 3.93. The van der Waals surface area contributed by atoms with Gasteiger partial charge in [-0.05, 0) is 44.0 Å². The van der Waals surface area contributed by atoms with Gasteiger partial charge in [0.05, 0.1) is 5.56 Å². The minimum Gasteiger partial charge on any atom is -0.456 e. The zero-order valence-electron chi connectivity index (χ0n) is 13.4. The lowest BCUT2D eigenvalue weighted by atomic mass is 10.1. The summed E-state index contributed by atoms with van der Waals surface area (Å²) in [5, 5.41) is 3.39. The lowest BCUT2D eigenvalue weighted by molar-refractivity contribution is 0.00695. The van der Waals surface area contributed by atoms with Gasteiger partial charge in [-0.15, -0.1) is 0 Å². The van der Waals surface area contributed by atoms with E-state index in [0.717, 1.165) is 18.7 Å². The van der Waals surface area contributed by atoms with Gasteiger partial charge in [0.25, 0.3) is 0 Å². The highest BCUT2D eigenvalue weighted by molar-refractivity contribution is 5.89. The van der Waals surface area contributed by atoms with Crippen LogP contribution in [0.1, 0.15) is 42.3 Å². The molecule has 2 aromatic rings. The zero-order valence-corrected chi connectivity index (χ0v) is 13.4. The second-order valence-electron chi connectivity index (χ2n) is 6.29. The zero-order chi connectivity index (χ0) is 16.0. The number of benzene rings is 2. The molecule has 3 heteroatoms. The first-order chi connectivity index (χ1) is 10.4. The summed E-state index contributed by atoms with van der Waals surface area (Å²) in [4.78, 5) is 11.9. The van der Waals surface area contributed by atoms with Crippen molar-refractivity contribution < 1.29 is 9.53 Å². The fourth-order valence-corrected chi connectivity index (χ4v) is 2.04. The van der Waals surface area contributed by atoms with E-state index in [2.05, 4.69) is 17.4 Å². The lowest BCUT2D eigenvalue weighted by Gasteiger charge is -2.19. The number of hydrogen-bond donors (Lipinski definition) is 1. The maximum Gasteiger partial charge on any atom is 0.338 e. The molecule has 0 saturated heterocycles. The topological polar surface area (TPSA) is 38.3 Å². The van der Waals surface area contributed by atoms with Gasteiger partial charge in [0.2, 0.25) is 0 Å². The number of rotatable bonds is 5. The standard InChI is InChI=1S/C19H23NO2/c1-19(2,3)22-18(21)17-11-9-16(10-12-17)14-20-13-15-7-5-4-6-8-15/h4-12,20H,13-14H2,1-3H3. The Hall–Kier alpha value is -2.13. The molecular formula is C19H23NO2. The molecule has 0 aliphatic heterocycles. The van der Waals surface area contributed by atoms with Crippen molar-refractivity contribution in [3.8, 4) is 0 Å². The van der Waals surface area contributed by atoms with Crippen molar-refractivity contribution in [2.45, 2.75) is 39.5 Å². The Balaban J connectivity index is 1.85. The van der Waals surface area contributed by atoms with Gasteiger partial charge in [0.1, 0.15) is 5.60 Å². The first kappa shape index (κ1) is 16.2. The van der Waals surface area contributed by atoms with E-state index in [1.54, 1.807) is 0 Å². The Bertz CT molecular complexity index is 598. The number of esters is 1. The van der Waals surface area contributed by atoms with Gasteiger partial charge >= 0.3 is 5.97 Å². The maximum atomic E-state index is 11.9. The van der Waals surface area contributed by atoms with Gasteiger partial charge in [-0.2, -0.15) is 0 Å². The Morgan fingerprint density at radius 2 is 1.45 bits per heavy atom. The highest BCUT2D eigenvalue weighted by Gasteiger charge is 2.17. The second kappa shape index (κ2) is 7.23. The quantitative estimate of drug-likeness (QED) is 0.850. The van der Waals surface area contributed by atoms with Crippen LogP contribution in [0.15, 0.2) is 54.6 Å². The Kier molecular flexibility index (Phi) is 5.34. The van der Waals surface area contributed by atoms with Crippen LogP contribution in [0.2, 0.25) is 0 Å². The van der Waals surface area contributed by atoms with Crippen molar-refractivity contribution >= 4 is 5.97 Å². The van der Waals surface area contributed by atoms with Crippen LogP contribution >= 0.6 is 0 Å². The predicted molar refractivity (Wildman–Crippen MR) is 88.6 cm³/mol. The Morgan fingerprint density at radius 1 is 0.909 bits per heavy atom. The number of ether oxygens (including phenoxy) is 1. The molecule has 1 N–H and O–H groups in total. The fraction of sp³-hybridized carbons (Fsp3) is 0.316. The monoisotopic (exact) mass is 297 g/mol. The van der Waals surface area contributed by atoms with Crippen LogP contribution in [0.5, 0.6) is 0 Å². The molecule has 2 aromatic carbocycles. The van der Waals surface area contributed by atoms with Gasteiger partial charge in [-0.1, -0.05) is 42.5 Å². The molecule has 116 valence electrons. The average molecular weight is 297 g/mol. The highest BCUT2D eigenvalue weighted by atomic mass is 16.6. The summed E-state index contributed by atoms with van der Waals surface area (Å²) in [6, 6.07) is 17.8. The van der Waals surface area contributed by atoms with Crippen LogP contribution in [0, 0.1) is 0 Å². The molecule has 0 unspecified atom stereocenters. The molecule has 0 heterocycles. The molecule has 0 aliphatic rings. The third-order valence-corrected chi connectivity index (χ3v) is 3.09. The molecule has 0 bridgehead atoms. The van der Waals surface area contributed by atoms with Crippen LogP contribution in [0.25, 0.3) is 0 Å². The first-order valence-corrected chi connectivity index (χ1v) is 7.51. The molecule has 0 saturated carbocycles. The van der Waals surface area contributed by atoms with E-state index in [1.165, 1.54) is 5.56 Å². The molecule has 0 radical (unpaired) electrons. The second-order valence-corrected chi connectivity index (χ2v) is 6.29. The molecule has 0 spiro atoms. The van der Waals surface area contributed by atoms with Crippen LogP contribution in [-0.4, -0.2) is 11.6 Å². The maximum absolute atomic E-state index is 11.9. The van der Waals surface area contributed by atoms with Crippen molar-refractivity contribution in [1.82, 2.24) is 5.32 Å². The molecule has 0 fully saturated rings. The van der Waals surface area contributed by atoms with E-state index >= 15 is 0 Å². The van der Waals surface area contributed by atoms with E-state index in [9.17, 15) is 4.79 Å². The molecular weight excluding hydrogens is 274 g/mol. The number of nitrogens with one attached hydrogen (secondary N) is 1. The summed E-state index contributed by atoms with van der Waals surface area (Å²) < 4.78 is 5.35. The summed E-state index contributed by atoms with van der Waals surface area (Å²) in [5.41, 5.74) is 2.52. The minimum atomic E-state index is -0.465. The van der Waals surface area contributed by atoms with Gasteiger partial charge < -0.3 is 10.1 Å². The summed E-state index contributed by atoms with van der Waals surface area (Å²) in [6.45, 7) is 7.20. The average Bonchev–Trinajstić information content (AvgIpc) is 2.47. The van der Waals surface area contributed by atoms with Crippen LogP contribution in [0.3, 0.4) is 0 Å². The molecule has 0 aromatic heterocycles. The summed E-state index contributed by atoms with van der Waals surface area (Å²) in [6.07, 6.45) is 0. The lowest BCUT2D eigenvalue weighted by Crippen LogP contribution is -2.23. The van der Waals surface area contributed by atoms with E-state index in [-0.39, 0.29) is 5.97 Å². The van der Waals surface area contributed by atoms with E-state index in [0.29, 0.717) is 5.56 Å². The molecule has 2 rings (SSSR count). The fourth-order valence-electron chi connectivity index (χ4n) is 2.04. The SMILES string of the molecule is CC(C)(C)OC(=O)c1ccc(CNCc2ccccc2)cc1. The third kappa shape index (κ3) is 5.34. The largest absolute Gasteiger partial charge is 0.456 e. The number of carbonyl (C=O) groups excluding carboxylic acids is 1. The molecule has 0 atom stereocenters. The normalized spacial score (nSPS) is 11.2. The van der Waals surface area contributed by atoms with Crippen molar-refractivity contribution in [2.24, 2.45) is 0 Å². The molecule has 3 nitrogen and oxygen atoms in total. The van der Waals surface area contributed by atoms with Crippen molar-refractivity contribution in [1.29, 1.82) is 0 Å². The summed E-state index contributed by atoms with van der Waals surface area (Å²) in [5.74, 6) is -0.281. The van der Waals surface area contributed by atoms with E-state index < -0.39 is 5.60 Å². The molecule has 0 aliphatic carbocycles. The van der Waals surface area contributed by atoms with Crippen molar-refractivity contribution in [3.05, 3.63) is 71.3 Å². The third-order valence-electron chi connectivity index (χ3n) is 3.09. The molecule has 22 heavy (non-hydrogen) atoms. The van der Waals surface area contributed by atoms with Gasteiger partial charge in [-0.3, -0.25) is 0 Å². The van der Waals surface area contributed by atoms with E-state index in [4.69, 9.17) is 4.74 Å². The van der Waals surface area contributed by atoms with Crippen LogP contribution in [-0.2, 0) is 17.8 Å². The smallest absolute Gasteiger partial charge is 0.338 e. The Morgan fingerprint density at radius 3 is 2.00 bits per heavy atom. The summed E-state index contributed by atoms with van der Waals surface area (Å²) >= 11 is 0. The highest BCUT2D eigenvalue weighted by Crippen LogP contribution is 2.13. The van der Waals surface area contributed by atoms with E-state index in [1.807, 2.05) is 63.2 Å². The number of hydrogen-bond acceptors (Lipinski definition) is 3. The molecule has 0 amide bonds. The van der Waals surface area contributed by atoms with Crippen LogP contribution < -0.4 is 5.32 Å². The minimum absolute atomic E-state index is 0.281. The van der Waals surface area contributed by atoms with Gasteiger partial charge in [-0.25, -0.2) is 4.79 Å². The van der Waals surface area contributed by atoms with Crippen LogP contribution in [0.4, 0.5) is 0 Å². The van der Waals surface area contributed by atoms with Gasteiger partial charge in [0.15, 0.2) is 0 Å². The van der Waals surface area contributed by atoms with Crippen molar-refractivity contribution in [3.63, 3.8) is 0 Å². The van der Waals surface area contributed by atoms with Crippen molar-refractivity contribution in [2.75, 3.05) is 0 Å². The number of carbonyl (C=O) groups is 1. The summed E-state index contributed by atoms with van der Waals surface area (Å²) in [7, 11) is 0. The van der Waals surface area contributed by atoms with Gasteiger partial charge in [0, 0.05) is 13.1 Å².